The van der Waals surface area contributed by atoms with Crippen molar-refractivity contribution in [3.8, 4) is 0 Å². The summed E-state index contributed by atoms with van der Waals surface area (Å²) in [5.74, 6) is -0.981. The minimum atomic E-state index is -3.90. The minimum Gasteiger partial charge on any atom is -0.296 e. The van der Waals surface area contributed by atoms with Crippen LogP contribution < -0.4 is 5.32 Å². The fourth-order valence-electron chi connectivity index (χ4n) is 3.69. The second-order valence-electron chi connectivity index (χ2n) is 8.02. The molecular formula is C21H26N4O4S2. The van der Waals surface area contributed by atoms with E-state index in [4.69, 9.17) is 0 Å². The quantitative estimate of drug-likeness (QED) is 0.535. The van der Waals surface area contributed by atoms with Crippen LogP contribution in [0.1, 0.15) is 84.0 Å². The number of hydrogen-bond donors (Lipinski definition) is 1. The zero-order chi connectivity index (χ0) is 22.0. The third-order valence-electron chi connectivity index (χ3n) is 5.52. The van der Waals surface area contributed by atoms with Crippen molar-refractivity contribution >= 4 is 38.3 Å². The lowest BCUT2D eigenvalue weighted by atomic mass is 10.1. The Bertz CT molecular complexity index is 1090. The monoisotopic (exact) mass is 462 g/mol. The maximum atomic E-state index is 12.7. The van der Waals surface area contributed by atoms with Gasteiger partial charge in [-0.25, -0.2) is 12.7 Å². The van der Waals surface area contributed by atoms with Crippen LogP contribution in [0.2, 0.25) is 0 Å². The van der Waals surface area contributed by atoms with E-state index in [0.717, 1.165) is 28.6 Å². The van der Waals surface area contributed by atoms with Crippen LogP contribution in [-0.4, -0.2) is 40.8 Å². The summed E-state index contributed by atoms with van der Waals surface area (Å²) in [5.41, 5.74) is 0.293. The van der Waals surface area contributed by atoms with Gasteiger partial charge < -0.3 is 0 Å². The van der Waals surface area contributed by atoms with Crippen LogP contribution in [0, 0.1) is 0 Å². The second kappa shape index (κ2) is 9.04. The Morgan fingerprint density at radius 3 is 2.65 bits per heavy atom. The van der Waals surface area contributed by atoms with Crippen molar-refractivity contribution in [3.05, 3.63) is 34.3 Å². The molecule has 0 unspecified atom stereocenters. The zero-order valence-corrected chi connectivity index (χ0v) is 19.1. The van der Waals surface area contributed by atoms with Gasteiger partial charge in [0.1, 0.15) is 9.90 Å². The summed E-state index contributed by atoms with van der Waals surface area (Å²) in [7, 11) is -3.90. The number of rotatable bonds is 10. The summed E-state index contributed by atoms with van der Waals surface area (Å²) < 4.78 is 26.5. The highest BCUT2D eigenvalue weighted by atomic mass is 32.2. The molecule has 0 spiro atoms. The lowest BCUT2D eigenvalue weighted by Gasteiger charge is -2.13. The zero-order valence-electron chi connectivity index (χ0n) is 17.5. The Kier molecular flexibility index (Phi) is 6.38. The molecule has 8 nitrogen and oxygen atoms in total. The summed E-state index contributed by atoms with van der Waals surface area (Å²) >= 11 is 1.33. The molecule has 2 aliphatic rings. The molecule has 0 atom stereocenters. The number of carbonyl (C=O) groups is 2. The standard InChI is InChI=1S/C21H26N4O4S2/c1-2-3-4-5-6-7-8-18-23-24-21(30-18)22-19(26)14-9-12-16-17(13-14)31(28,29)25(20(16)27)15-10-11-15/h9,12-13,15H,2-8,10-11H2,1H3,(H,22,24,26). The van der Waals surface area contributed by atoms with Gasteiger partial charge in [0.25, 0.3) is 21.8 Å². The number of nitrogens with zero attached hydrogens (tertiary/aromatic N) is 3. The first-order chi connectivity index (χ1) is 14.9. The number of unbranched alkanes of at least 4 members (excludes halogenated alkanes) is 5. The number of aromatic nitrogens is 2. The van der Waals surface area contributed by atoms with Crippen molar-refractivity contribution in [2.75, 3.05) is 5.32 Å². The smallest absolute Gasteiger partial charge is 0.269 e. The Morgan fingerprint density at radius 2 is 1.90 bits per heavy atom. The van der Waals surface area contributed by atoms with Gasteiger partial charge in [0.05, 0.1) is 5.56 Å². The summed E-state index contributed by atoms with van der Waals surface area (Å²) in [6.07, 6.45) is 9.37. The third-order valence-corrected chi connectivity index (χ3v) is 8.30. The Balaban J connectivity index is 1.38. The van der Waals surface area contributed by atoms with E-state index in [0.29, 0.717) is 18.0 Å². The van der Waals surface area contributed by atoms with Crippen LogP contribution in [-0.2, 0) is 16.4 Å². The van der Waals surface area contributed by atoms with Crippen molar-refractivity contribution in [1.29, 1.82) is 0 Å². The van der Waals surface area contributed by atoms with Gasteiger partial charge in [-0.05, 0) is 37.5 Å². The van der Waals surface area contributed by atoms with E-state index in [-0.39, 0.29) is 22.1 Å². The van der Waals surface area contributed by atoms with E-state index in [9.17, 15) is 18.0 Å². The summed E-state index contributed by atoms with van der Waals surface area (Å²) in [6, 6.07) is 3.90. The molecule has 1 aliphatic heterocycles. The van der Waals surface area contributed by atoms with Gasteiger partial charge in [0.15, 0.2) is 0 Å². The molecular weight excluding hydrogens is 436 g/mol. The molecule has 1 aromatic heterocycles. The SMILES string of the molecule is CCCCCCCCc1nnc(NC(=O)c2ccc3c(c2)S(=O)(=O)N(C2CC2)C3=O)s1. The molecule has 2 aromatic rings. The number of aryl methyl sites for hydroxylation is 1. The number of anilines is 1. The van der Waals surface area contributed by atoms with E-state index >= 15 is 0 Å². The van der Waals surface area contributed by atoms with Gasteiger partial charge in [-0.1, -0.05) is 50.4 Å². The largest absolute Gasteiger partial charge is 0.296 e. The average molecular weight is 463 g/mol. The number of fused-ring (bicyclic) bond motifs is 1. The maximum Gasteiger partial charge on any atom is 0.269 e. The highest BCUT2D eigenvalue weighted by Gasteiger charge is 2.48. The topological polar surface area (TPSA) is 109 Å². The molecule has 166 valence electrons. The fraction of sp³-hybridized carbons (Fsp3) is 0.524. The number of hydrogen-bond acceptors (Lipinski definition) is 7. The summed E-state index contributed by atoms with van der Waals surface area (Å²) in [4.78, 5) is 25.0. The van der Waals surface area contributed by atoms with Crippen LogP contribution in [0.15, 0.2) is 23.1 Å². The van der Waals surface area contributed by atoms with E-state index < -0.39 is 21.8 Å². The van der Waals surface area contributed by atoms with Crippen molar-refractivity contribution in [2.24, 2.45) is 0 Å². The first-order valence-corrected chi connectivity index (χ1v) is 13.0. The van der Waals surface area contributed by atoms with Crippen molar-refractivity contribution in [2.45, 2.75) is 75.6 Å². The van der Waals surface area contributed by atoms with Gasteiger partial charge in [-0.15, -0.1) is 10.2 Å². The Morgan fingerprint density at radius 1 is 1.16 bits per heavy atom. The predicted molar refractivity (Wildman–Crippen MR) is 118 cm³/mol. The van der Waals surface area contributed by atoms with Crippen LogP contribution in [0.3, 0.4) is 0 Å². The molecule has 0 radical (unpaired) electrons. The molecule has 1 N–H and O–H groups in total. The first kappa shape index (κ1) is 21.9. The minimum absolute atomic E-state index is 0.0990. The van der Waals surface area contributed by atoms with Crippen LogP contribution >= 0.6 is 11.3 Å². The highest BCUT2D eigenvalue weighted by Crippen LogP contribution is 2.39. The third kappa shape index (κ3) is 4.64. The van der Waals surface area contributed by atoms with Crippen LogP contribution in [0.5, 0.6) is 0 Å². The Labute approximate surface area is 186 Å². The Hall–Kier alpha value is -2.33. The van der Waals surface area contributed by atoms with E-state index in [1.807, 2.05) is 0 Å². The first-order valence-electron chi connectivity index (χ1n) is 10.8. The normalized spacial score (nSPS) is 17.1. The summed E-state index contributed by atoms with van der Waals surface area (Å²) in [6.45, 7) is 2.20. The van der Waals surface area contributed by atoms with E-state index in [1.165, 1.54) is 55.2 Å². The van der Waals surface area contributed by atoms with Gasteiger partial charge >= 0.3 is 0 Å². The van der Waals surface area contributed by atoms with Gasteiger partial charge in [0.2, 0.25) is 5.13 Å². The molecule has 1 saturated carbocycles. The van der Waals surface area contributed by atoms with Crippen molar-refractivity contribution in [3.63, 3.8) is 0 Å². The molecule has 4 rings (SSSR count). The van der Waals surface area contributed by atoms with Gasteiger partial charge in [-0.3, -0.25) is 14.9 Å². The van der Waals surface area contributed by atoms with Gasteiger partial charge in [-0.2, -0.15) is 0 Å². The summed E-state index contributed by atoms with van der Waals surface area (Å²) in [5, 5.41) is 12.1. The molecule has 0 saturated heterocycles. The number of amides is 2. The number of carbonyl (C=O) groups excluding carboxylic acids is 2. The lowest BCUT2D eigenvalue weighted by molar-refractivity contribution is 0.0864. The molecule has 0 bridgehead atoms. The highest BCUT2D eigenvalue weighted by molar-refractivity contribution is 7.90. The predicted octanol–water partition coefficient (Wildman–Crippen LogP) is 4.00. The molecule has 1 aliphatic carbocycles. The molecule has 1 aromatic carbocycles. The number of sulfonamides is 1. The molecule has 2 amide bonds. The molecule has 31 heavy (non-hydrogen) atoms. The fourth-order valence-corrected chi connectivity index (χ4v) is 6.31. The van der Waals surface area contributed by atoms with Crippen molar-refractivity contribution in [1.82, 2.24) is 14.5 Å². The molecule has 2 heterocycles. The van der Waals surface area contributed by atoms with Crippen molar-refractivity contribution < 1.29 is 18.0 Å². The number of benzene rings is 1. The lowest BCUT2D eigenvalue weighted by Crippen LogP contribution is -2.31. The van der Waals surface area contributed by atoms with Crippen LogP contribution in [0.4, 0.5) is 5.13 Å². The molecule has 1 fully saturated rings. The maximum absolute atomic E-state index is 12.7. The second-order valence-corrected chi connectivity index (χ2v) is 10.9. The van der Waals surface area contributed by atoms with Crippen LogP contribution in [0.25, 0.3) is 0 Å². The molecule has 10 heteroatoms. The average Bonchev–Trinajstić information content (AvgIpc) is 3.43. The van der Waals surface area contributed by atoms with E-state index in [1.54, 1.807) is 0 Å². The van der Waals surface area contributed by atoms with E-state index in [2.05, 4.69) is 22.4 Å². The number of nitrogens with one attached hydrogen (secondary N) is 1. The van der Waals surface area contributed by atoms with Gasteiger partial charge in [0, 0.05) is 18.0 Å².